The number of nitrogens with one attached hydrogen (secondary N) is 2. The molecule has 0 spiro atoms. The fraction of sp³-hybridized carbons (Fsp3) is 0.409. The summed E-state index contributed by atoms with van der Waals surface area (Å²) in [7, 11) is 1.63. The van der Waals surface area contributed by atoms with Crippen LogP contribution in [0, 0.1) is 13.8 Å². The van der Waals surface area contributed by atoms with E-state index in [1.54, 1.807) is 7.11 Å². The summed E-state index contributed by atoms with van der Waals surface area (Å²) in [5, 5.41) is 5.85. The van der Waals surface area contributed by atoms with E-state index in [9.17, 15) is 4.79 Å². The lowest BCUT2D eigenvalue weighted by Gasteiger charge is -2.36. The molecular weight excluding hydrogens is 352 g/mol. The number of benzene rings is 2. The van der Waals surface area contributed by atoms with E-state index in [0.717, 1.165) is 49.7 Å². The maximum atomic E-state index is 12.2. The van der Waals surface area contributed by atoms with Crippen LogP contribution in [0.15, 0.2) is 42.5 Å². The Bertz CT molecular complexity index is 784. The summed E-state index contributed by atoms with van der Waals surface area (Å²) < 4.78 is 5.29. The summed E-state index contributed by atoms with van der Waals surface area (Å²) in [6.45, 7) is 9.56. The van der Waals surface area contributed by atoms with Gasteiger partial charge in [0.2, 0.25) is 0 Å². The fourth-order valence-corrected chi connectivity index (χ4v) is 3.45. The second kappa shape index (κ2) is 9.46. The van der Waals surface area contributed by atoms with Crippen LogP contribution < -0.4 is 20.3 Å². The minimum Gasteiger partial charge on any atom is -0.496 e. The summed E-state index contributed by atoms with van der Waals surface area (Å²) in [6.07, 6.45) is 0. The number of amides is 2. The largest absolute Gasteiger partial charge is 0.496 e. The average molecular weight is 383 g/mol. The van der Waals surface area contributed by atoms with Crippen LogP contribution in [0.5, 0.6) is 5.75 Å². The molecule has 0 saturated carbocycles. The number of methoxy groups -OCH3 is 1. The molecule has 0 bridgehead atoms. The number of piperazine rings is 1. The highest BCUT2D eigenvalue weighted by atomic mass is 16.5. The molecule has 150 valence electrons. The van der Waals surface area contributed by atoms with Gasteiger partial charge in [0.15, 0.2) is 0 Å². The number of ether oxygens (including phenoxy) is 1. The van der Waals surface area contributed by atoms with Crippen LogP contribution in [0.4, 0.5) is 16.2 Å². The molecule has 1 fully saturated rings. The fourth-order valence-electron chi connectivity index (χ4n) is 3.45. The lowest BCUT2D eigenvalue weighted by molar-refractivity contribution is 0.240. The van der Waals surface area contributed by atoms with Gasteiger partial charge >= 0.3 is 6.03 Å². The standard InChI is InChI=1S/C22H30N4O2/c1-17-7-9-19(10-8-17)26-15-13-25(14-16-26)12-11-23-22(27)24-20-5-4-6-21(28-3)18(20)2/h4-10H,11-16H2,1-3H3,(H2,23,24,27). The third kappa shape index (κ3) is 5.16. The molecule has 1 aliphatic heterocycles. The first-order valence-corrected chi connectivity index (χ1v) is 9.79. The minimum atomic E-state index is -0.186. The Hall–Kier alpha value is -2.73. The van der Waals surface area contributed by atoms with Crippen molar-refractivity contribution in [3.63, 3.8) is 0 Å². The highest BCUT2D eigenvalue weighted by Gasteiger charge is 2.17. The molecule has 2 amide bonds. The molecule has 0 unspecified atom stereocenters. The third-order valence-electron chi connectivity index (χ3n) is 5.24. The maximum Gasteiger partial charge on any atom is 0.319 e. The molecule has 0 aliphatic carbocycles. The van der Waals surface area contributed by atoms with Crippen LogP contribution >= 0.6 is 0 Å². The predicted molar refractivity (Wildman–Crippen MR) is 115 cm³/mol. The van der Waals surface area contributed by atoms with E-state index >= 15 is 0 Å². The van der Waals surface area contributed by atoms with Crippen LogP contribution in [0.1, 0.15) is 11.1 Å². The van der Waals surface area contributed by atoms with Crippen molar-refractivity contribution < 1.29 is 9.53 Å². The molecule has 1 saturated heterocycles. The normalized spacial score (nSPS) is 14.6. The molecule has 1 aliphatic rings. The van der Waals surface area contributed by atoms with Gasteiger partial charge in [-0.15, -0.1) is 0 Å². The van der Waals surface area contributed by atoms with Crippen molar-refractivity contribution in [3.05, 3.63) is 53.6 Å². The molecule has 0 aromatic heterocycles. The first kappa shape index (κ1) is 20.0. The number of hydrogen-bond donors (Lipinski definition) is 2. The number of carbonyl (C=O) groups excluding carboxylic acids is 1. The summed E-state index contributed by atoms with van der Waals surface area (Å²) in [5.74, 6) is 0.768. The van der Waals surface area contributed by atoms with Crippen molar-refractivity contribution in [1.29, 1.82) is 0 Å². The van der Waals surface area contributed by atoms with E-state index in [1.807, 2.05) is 25.1 Å². The smallest absolute Gasteiger partial charge is 0.319 e. The lowest BCUT2D eigenvalue weighted by atomic mass is 10.2. The van der Waals surface area contributed by atoms with Gasteiger partial charge in [-0.1, -0.05) is 23.8 Å². The summed E-state index contributed by atoms with van der Waals surface area (Å²) >= 11 is 0. The zero-order chi connectivity index (χ0) is 19.9. The van der Waals surface area contributed by atoms with Gasteiger partial charge in [0.25, 0.3) is 0 Å². The number of anilines is 2. The maximum absolute atomic E-state index is 12.2. The van der Waals surface area contributed by atoms with Gasteiger partial charge < -0.3 is 20.3 Å². The Balaban J connectivity index is 1.39. The zero-order valence-electron chi connectivity index (χ0n) is 17.0. The first-order valence-electron chi connectivity index (χ1n) is 9.79. The Morgan fingerprint density at radius 3 is 2.43 bits per heavy atom. The van der Waals surface area contributed by atoms with Crippen molar-refractivity contribution >= 4 is 17.4 Å². The van der Waals surface area contributed by atoms with Gasteiger partial charge in [0, 0.05) is 56.2 Å². The minimum absolute atomic E-state index is 0.186. The van der Waals surface area contributed by atoms with E-state index in [2.05, 4.69) is 51.6 Å². The van der Waals surface area contributed by atoms with E-state index in [1.165, 1.54) is 11.3 Å². The molecule has 28 heavy (non-hydrogen) atoms. The quantitative estimate of drug-likeness (QED) is 0.805. The van der Waals surface area contributed by atoms with Crippen molar-refractivity contribution in [2.24, 2.45) is 0 Å². The van der Waals surface area contributed by atoms with Gasteiger partial charge in [-0.3, -0.25) is 4.90 Å². The SMILES string of the molecule is COc1cccc(NC(=O)NCCN2CCN(c3ccc(C)cc3)CC2)c1C. The Kier molecular flexibility index (Phi) is 6.76. The molecular formula is C22H30N4O2. The van der Waals surface area contributed by atoms with Crippen LogP contribution in [-0.4, -0.2) is 57.3 Å². The first-order chi connectivity index (χ1) is 13.6. The lowest BCUT2D eigenvalue weighted by Crippen LogP contribution is -2.48. The van der Waals surface area contributed by atoms with E-state index in [0.29, 0.717) is 6.54 Å². The summed E-state index contributed by atoms with van der Waals surface area (Å²) in [6, 6.07) is 14.2. The molecule has 2 aromatic carbocycles. The van der Waals surface area contributed by atoms with Crippen LogP contribution in [0.2, 0.25) is 0 Å². The molecule has 0 radical (unpaired) electrons. The van der Waals surface area contributed by atoms with Gasteiger partial charge in [0.1, 0.15) is 5.75 Å². The van der Waals surface area contributed by atoms with Gasteiger partial charge in [0.05, 0.1) is 7.11 Å². The molecule has 2 aromatic rings. The molecule has 0 atom stereocenters. The third-order valence-corrected chi connectivity index (χ3v) is 5.24. The summed E-state index contributed by atoms with van der Waals surface area (Å²) in [5.41, 5.74) is 4.27. The van der Waals surface area contributed by atoms with E-state index in [4.69, 9.17) is 4.74 Å². The number of nitrogens with zero attached hydrogens (tertiary/aromatic N) is 2. The molecule has 3 rings (SSSR count). The average Bonchev–Trinajstić information content (AvgIpc) is 2.71. The van der Waals surface area contributed by atoms with Crippen LogP contribution in [0.3, 0.4) is 0 Å². The van der Waals surface area contributed by atoms with Crippen molar-refractivity contribution in [2.45, 2.75) is 13.8 Å². The monoisotopic (exact) mass is 382 g/mol. The predicted octanol–water partition coefficient (Wildman–Crippen LogP) is 3.26. The highest BCUT2D eigenvalue weighted by Crippen LogP contribution is 2.24. The highest BCUT2D eigenvalue weighted by molar-refractivity contribution is 5.90. The van der Waals surface area contributed by atoms with Crippen molar-refractivity contribution in [3.8, 4) is 5.75 Å². The van der Waals surface area contributed by atoms with Crippen molar-refractivity contribution in [1.82, 2.24) is 10.2 Å². The van der Waals surface area contributed by atoms with E-state index in [-0.39, 0.29) is 6.03 Å². The second-order valence-corrected chi connectivity index (χ2v) is 7.18. The van der Waals surface area contributed by atoms with Crippen molar-refractivity contribution in [2.75, 3.05) is 56.6 Å². The van der Waals surface area contributed by atoms with E-state index < -0.39 is 0 Å². The van der Waals surface area contributed by atoms with Gasteiger partial charge in [-0.25, -0.2) is 4.79 Å². The Labute approximate surface area is 167 Å². The zero-order valence-corrected chi connectivity index (χ0v) is 17.0. The Morgan fingerprint density at radius 1 is 1.04 bits per heavy atom. The number of urea groups is 1. The molecule has 1 heterocycles. The van der Waals surface area contributed by atoms with Gasteiger partial charge in [-0.05, 0) is 38.1 Å². The molecule has 2 N–H and O–H groups in total. The molecule has 6 heteroatoms. The van der Waals surface area contributed by atoms with Gasteiger partial charge in [-0.2, -0.15) is 0 Å². The topological polar surface area (TPSA) is 56.8 Å². The summed E-state index contributed by atoms with van der Waals surface area (Å²) in [4.78, 5) is 17.0. The Morgan fingerprint density at radius 2 is 1.75 bits per heavy atom. The number of rotatable bonds is 6. The number of carbonyl (C=O) groups is 1. The second-order valence-electron chi connectivity index (χ2n) is 7.18. The molecule has 6 nitrogen and oxygen atoms in total. The van der Waals surface area contributed by atoms with Crippen LogP contribution in [0.25, 0.3) is 0 Å². The number of aryl methyl sites for hydroxylation is 1. The van der Waals surface area contributed by atoms with Crippen LogP contribution in [-0.2, 0) is 0 Å². The number of hydrogen-bond acceptors (Lipinski definition) is 4.